The lowest BCUT2D eigenvalue weighted by atomic mass is 10.0. The van der Waals surface area contributed by atoms with Gasteiger partial charge in [0.15, 0.2) is 0 Å². The van der Waals surface area contributed by atoms with Crippen molar-refractivity contribution in [3.63, 3.8) is 0 Å². The van der Waals surface area contributed by atoms with Crippen LogP contribution >= 0.6 is 11.3 Å². The Morgan fingerprint density at radius 2 is 2.03 bits per heavy atom. The predicted molar refractivity (Wildman–Crippen MR) is 113 cm³/mol. The molecule has 7 heteroatoms. The molecule has 2 heterocycles. The third-order valence-corrected chi connectivity index (χ3v) is 5.52. The summed E-state index contributed by atoms with van der Waals surface area (Å²) in [6, 6.07) is 15.6. The number of carbonyl (C=O) groups excluding carboxylic acids is 2. The van der Waals surface area contributed by atoms with Crippen LogP contribution in [0.2, 0.25) is 0 Å². The number of hydrogen-bond acceptors (Lipinski definition) is 5. The number of nitrogens with zero attached hydrogens (tertiary/aromatic N) is 1. The van der Waals surface area contributed by atoms with Crippen LogP contribution in [-0.2, 0) is 22.4 Å². The molecular weight excluding hydrogens is 386 g/mol. The highest BCUT2D eigenvalue weighted by Gasteiger charge is 2.15. The first-order valence-electron chi connectivity index (χ1n) is 9.49. The topological polar surface area (TPSA) is 80.3 Å². The Hall–Kier alpha value is -3.19. The Morgan fingerprint density at radius 1 is 1.17 bits per heavy atom. The second-order valence-corrected chi connectivity index (χ2v) is 7.61. The SMILES string of the molecule is O=C(Cc1csc(-c2ccccc2)n1)NCCOc1ccc2c(c1)CCC(=O)N2. The van der Waals surface area contributed by atoms with E-state index in [2.05, 4.69) is 15.6 Å². The number of anilines is 1. The number of nitrogens with one attached hydrogen (secondary N) is 2. The molecular formula is C22H21N3O3S. The number of aryl methyl sites for hydroxylation is 1. The summed E-state index contributed by atoms with van der Waals surface area (Å²) in [5.74, 6) is 0.706. The van der Waals surface area contributed by atoms with Gasteiger partial charge < -0.3 is 15.4 Å². The Bertz CT molecular complexity index is 1020. The van der Waals surface area contributed by atoms with Gasteiger partial charge in [-0.1, -0.05) is 30.3 Å². The van der Waals surface area contributed by atoms with E-state index in [1.807, 2.05) is 53.9 Å². The second-order valence-electron chi connectivity index (χ2n) is 6.75. The zero-order valence-electron chi connectivity index (χ0n) is 15.8. The van der Waals surface area contributed by atoms with Gasteiger partial charge in [-0.3, -0.25) is 9.59 Å². The van der Waals surface area contributed by atoms with Gasteiger partial charge in [0.05, 0.1) is 18.7 Å². The van der Waals surface area contributed by atoms with Gasteiger partial charge in [0.2, 0.25) is 11.8 Å². The second kappa shape index (κ2) is 8.87. The van der Waals surface area contributed by atoms with Crippen LogP contribution in [0.3, 0.4) is 0 Å². The molecule has 0 fully saturated rings. The van der Waals surface area contributed by atoms with Gasteiger partial charge in [0.25, 0.3) is 0 Å². The molecule has 29 heavy (non-hydrogen) atoms. The molecule has 0 saturated heterocycles. The number of aromatic nitrogens is 1. The van der Waals surface area contributed by atoms with Gasteiger partial charge in [-0.05, 0) is 30.2 Å². The molecule has 4 rings (SSSR count). The van der Waals surface area contributed by atoms with Crippen molar-refractivity contribution < 1.29 is 14.3 Å². The minimum Gasteiger partial charge on any atom is -0.492 e. The number of hydrogen-bond donors (Lipinski definition) is 2. The highest BCUT2D eigenvalue weighted by Crippen LogP contribution is 2.26. The van der Waals surface area contributed by atoms with E-state index in [0.29, 0.717) is 26.0 Å². The number of amides is 2. The van der Waals surface area contributed by atoms with Crippen LogP contribution in [0.25, 0.3) is 10.6 Å². The smallest absolute Gasteiger partial charge is 0.226 e. The summed E-state index contributed by atoms with van der Waals surface area (Å²) in [7, 11) is 0. The fourth-order valence-corrected chi connectivity index (χ4v) is 3.96. The maximum Gasteiger partial charge on any atom is 0.226 e. The summed E-state index contributed by atoms with van der Waals surface area (Å²) in [5.41, 5.74) is 3.75. The minimum absolute atomic E-state index is 0.0462. The molecule has 0 bridgehead atoms. The lowest BCUT2D eigenvalue weighted by molar-refractivity contribution is -0.120. The van der Waals surface area contributed by atoms with Crippen LogP contribution < -0.4 is 15.4 Å². The summed E-state index contributed by atoms with van der Waals surface area (Å²) < 4.78 is 5.72. The Balaban J connectivity index is 1.22. The molecule has 0 saturated carbocycles. The monoisotopic (exact) mass is 407 g/mol. The maximum atomic E-state index is 12.1. The van der Waals surface area contributed by atoms with Crippen LogP contribution in [0.1, 0.15) is 17.7 Å². The van der Waals surface area contributed by atoms with Gasteiger partial charge in [-0.25, -0.2) is 4.98 Å². The molecule has 2 amide bonds. The Morgan fingerprint density at radius 3 is 2.90 bits per heavy atom. The largest absolute Gasteiger partial charge is 0.492 e. The molecule has 2 N–H and O–H groups in total. The van der Waals surface area contributed by atoms with Crippen LogP contribution in [0.5, 0.6) is 5.75 Å². The average molecular weight is 407 g/mol. The van der Waals surface area contributed by atoms with E-state index in [4.69, 9.17) is 4.74 Å². The first-order chi connectivity index (χ1) is 14.2. The van der Waals surface area contributed by atoms with Crippen LogP contribution in [0, 0.1) is 0 Å². The van der Waals surface area contributed by atoms with Crippen molar-refractivity contribution in [2.24, 2.45) is 0 Å². The summed E-state index contributed by atoms with van der Waals surface area (Å²) in [6.45, 7) is 0.797. The van der Waals surface area contributed by atoms with E-state index in [9.17, 15) is 9.59 Å². The molecule has 0 spiro atoms. The fourth-order valence-electron chi connectivity index (χ4n) is 3.14. The first kappa shape index (κ1) is 19.1. The molecule has 6 nitrogen and oxygen atoms in total. The van der Waals surface area contributed by atoms with E-state index < -0.39 is 0 Å². The molecule has 0 aliphatic carbocycles. The van der Waals surface area contributed by atoms with Gasteiger partial charge >= 0.3 is 0 Å². The third-order valence-electron chi connectivity index (χ3n) is 4.58. The van der Waals surface area contributed by atoms with Crippen LogP contribution in [0.4, 0.5) is 5.69 Å². The van der Waals surface area contributed by atoms with Crippen molar-refractivity contribution in [3.05, 3.63) is 65.2 Å². The fraction of sp³-hybridized carbons (Fsp3) is 0.227. The molecule has 1 aliphatic rings. The average Bonchev–Trinajstić information content (AvgIpc) is 3.20. The van der Waals surface area contributed by atoms with E-state index in [-0.39, 0.29) is 18.2 Å². The van der Waals surface area contributed by atoms with E-state index in [0.717, 1.165) is 33.3 Å². The zero-order chi connectivity index (χ0) is 20.1. The van der Waals surface area contributed by atoms with Gasteiger partial charge in [-0.2, -0.15) is 0 Å². The molecule has 0 unspecified atom stereocenters. The highest BCUT2D eigenvalue weighted by atomic mass is 32.1. The molecule has 0 radical (unpaired) electrons. The third kappa shape index (κ3) is 5.00. The van der Waals surface area contributed by atoms with Crippen LogP contribution in [-0.4, -0.2) is 29.9 Å². The lowest BCUT2D eigenvalue weighted by Crippen LogP contribution is -2.29. The van der Waals surface area contributed by atoms with Crippen molar-refractivity contribution in [2.45, 2.75) is 19.3 Å². The van der Waals surface area contributed by atoms with Crippen molar-refractivity contribution in [2.75, 3.05) is 18.5 Å². The van der Waals surface area contributed by atoms with Crippen molar-refractivity contribution in [1.29, 1.82) is 0 Å². The summed E-state index contributed by atoms with van der Waals surface area (Å²) in [5, 5.41) is 8.55. The van der Waals surface area contributed by atoms with Gasteiger partial charge in [0.1, 0.15) is 17.4 Å². The zero-order valence-corrected chi connectivity index (χ0v) is 16.6. The summed E-state index contributed by atoms with van der Waals surface area (Å²) in [6.07, 6.45) is 1.46. The van der Waals surface area contributed by atoms with Gasteiger partial charge in [0, 0.05) is 23.1 Å². The van der Waals surface area contributed by atoms with Crippen molar-refractivity contribution >= 4 is 28.8 Å². The highest BCUT2D eigenvalue weighted by molar-refractivity contribution is 7.13. The Labute approximate surface area is 172 Å². The molecule has 1 aromatic heterocycles. The predicted octanol–water partition coefficient (Wildman–Crippen LogP) is 3.43. The van der Waals surface area contributed by atoms with E-state index in [1.54, 1.807) is 0 Å². The summed E-state index contributed by atoms with van der Waals surface area (Å²) >= 11 is 1.54. The number of thiazole rings is 1. The van der Waals surface area contributed by atoms with E-state index in [1.165, 1.54) is 11.3 Å². The van der Waals surface area contributed by atoms with Crippen molar-refractivity contribution in [3.8, 4) is 16.3 Å². The van der Waals surface area contributed by atoms with Crippen LogP contribution in [0.15, 0.2) is 53.9 Å². The molecule has 2 aromatic carbocycles. The number of fused-ring (bicyclic) bond motifs is 1. The normalized spacial score (nSPS) is 12.8. The van der Waals surface area contributed by atoms with Gasteiger partial charge in [-0.15, -0.1) is 11.3 Å². The first-order valence-corrected chi connectivity index (χ1v) is 10.4. The molecule has 3 aromatic rings. The molecule has 1 aliphatic heterocycles. The number of carbonyl (C=O) groups is 2. The minimum atomic E-state index is -0.0772. The lowest BCUT2D eigenvalue weighted by Gasteiger charge is -2.17. The number of rotatable bonds is 7. The molecule has 0 atom stereocenters. The number of benzene rings is 2. The van der Waals surface area contributed by atoms with Crippen molar-refractivity contribution in [1.82, 2.24) is 10.3 Å². The number of ether oxygens (including phenoxy) is 1. The Kier molecular flexibility index (Phi) is 5.86. The summed E-state index contributed by atoms with van der Waals surface area (Å²) in [4.78, 5) is 28.1. The standard InChI is InChI=1S/C22H21N3O3S/c26-20-9-6-16-12-18(7-8-19(16)25-20)28-11-10-23-21(27)13-17-14-29-22(24-17)15-4-2-1-3-5-15/h1-5,7-8,12,14H,6,9-11,13H2,(H,23,27)(H,25,26). The maximum absolute atomic E-state index is 12.1. The quantitative estimate of drug-likeness (QED) is 0.588. The molecule has 148 valence electrons. The van der Waals surface area contributed by atoms with E-state index >= 15 is 0 Å².